The Kier molecular flexibility index (Phi) is 8.68. The zero-order valence-electron chi connectivity index (χ0n) is 28.5. The molecule has 6 rings (SSSR count). The second-order valence-corrected chi connectivity index (χ2v) is 15.3. The van der Waals surface area contributed by atoms with E-state index >= 15 is 4.39 Å². The van der Waals surface area contributed by atoms with Crippen molar-refractivity contribution < 1.29 is 37.7 Å². The van der Waals surface area contributed by atoms with E-state index in [1.54, 1.807) is 51.3 Å². The third-order valence-corrected chi connectivity index (χ3v) is 9.38. The normalized spacial score (nSPS) is 20.8. The van der Waals surface area contributed by atoms with Crippen LogP contribution in [0.1, 0.15) is 64.7 Å². The number of likely N-dealkylation sites (N-methyl/N-ethyl adjacent to an activating group) is 1. The van der Waals surface area contributed by atoms with Crippen molar-refractivity contribution in [3.63, 3.8) is 0 Å². The Balaban J connectivity index is 1.43. The van der Waals surface area contributed by atoms with Gasteiger partial charge in [-0.1, -0.05) is 17.7 Å². The van der Waals surface area contributed by atoms with Gasteiger partial charge >= 0.3 is 12.2 Å². The molecule has 1 aliphatic carbocycles. The summed E-state index contributed by atoms with van der Waals surface area (Å²) in [6, 6.07) is 3.55. The number of aromatic nitrogens is 1. The lowest BCUT2D eigenvalue weighted by molar-refractivity contribution is 0.000934. The van der Waals surface area contributed by atoms with Crippen molar-refractivity contribution in [3.8, 4) is 22.8 Å². The number of carbonyl (C=O) groups is 3. The second kappa shape index (κ2) is 12.2. The van der Waals surface area contributed by atoms with Crippen LogP contribution in [0.15, 0.2) is 18.2 Å². The van der Waals surface area contributed by atoms with Gasteiger partial charge in [0.15, 0.2) is 5.75 Å². The number of piperazine rings is 2. The van der Waals surface area contributed by atoms with Crippen LogP contribution in [0.2, 0.25) is 5.02 Å². The first kappa shape index (κ1) is 34.0. The molecule has 48 heavy (non-hydrogen) atoms. The molecule has 1 aromatic heterocycles. The molecular weight excluding hydrogens is 645 g/mol. The van der Waals surface area contributed by atoms with Crippen LogP contribution in [0.25, 0.3) is 11.3 Å². The number of rotatable bonds is 3. The third kappa shape index (κ3) is 6.71. The van der Waals surface area contributed by atoms with Crippen LogP contribution in [-0.4, -0.2) is 114 Å². The molecule has 12 nitrogen and oxygen atoms in total. The molecule has 1 saturated carbocycles. The second-order valence-electron chi connectivity index (χ2n) is 14.9. The summed E-state index contributed by atoms with van der Waals surface area (Å²) in [4.78, 5) is 52.7. The Morgan fingerprint density at radius 2 is 1.73 bits per heavy atom. The molecule has 1 atom stereocenters. The lowest BCUT2D eigenvalue weighted by atomic mass is 10.0. The molecule has 4 aliphatic rings. The van der Waals surface area contributed by atoms with Crippen molar-refractivity contribution >= 4 is 35.6 Å². The smallest absolute Gasteiger partial charge is 0.489 e. The summed E-state index contributed by atoms with van der Waals surface area (Å²) in [6.45, 7) is 13.1. The lowest BCUT2D eigenvalue weighted by Gasteiger charge is -2.42. The van der Waals surface area contributed by atoms with Crippen LogP contribution >= 0.6 is 11.6 Å². The van der Waals surface area contributed by atoms with Crippen LogP contribution < -0.4 is 14.4 Å². The van der Waals surface area contributed by atoms with E-state index in [4.69, 9.17) is 35.5 Å². The summed E-state index contributed by atoms with van der Waals surface area (Å²) < 4.78 is 38.6. The van der Waals surface area contributed by atoms with Gasteiger partial charge in [-0.3, -0.25) is 9.69 Å². The number of ether oxygens (including phenoxy) is 4. The number of anilines is 1. The number of benzene rings is 1. The zero-order chi connectivity index (χ0) is 34.8. The highest BCUT2D eigenvalue weighted by atomic mass is 35.5. The number of carbonyl (C=O) groups excluding carboxylic acids is 3. The fourth-order valence-corrected chi connectivity index (χ4v) is 6.73. The molecule has 2 aromatic rings. The Bertz CT molecular complexity index is 1640. The van der Waals surface area contributed by atoms with E-state index in [1.807, 2.05) is 4.90 Å². The molecule has 1 spiro atoms. The highest BCUT2D eigenvalue weighted by Crippen LogP contribution is 2.49. The molecule has 4 heterocycles. The van der Waals surface area contributed by atoms with Crippen molar-refractivity contribution in [3.05, 3.63) is 34.6 Å². The predicted molar refractivity (Wildman–Crippen MR) is 176 cm³/mol. The maximum Gasteiger partial charge on any atom is 0.514 e. The molecule has 3 fully saturated rings. The monoisotopic (exact) mass is 687 g/mol. The van der Waals surface area contributed by atoms with Crippen LogP contribution in [0.5, 0.6) is 11.5 Å². The van der Waals surface area contributed by atoms with E-state index in [1.165, 1.54) is 18.2 Å². The fourth-order valence-electron chi connectivity index (χ4n) is 6.44. The summed E-state index contributed by atoms with van der Waals surface area (Å²) in [5.74, 6) is -0.842. The number of nitrogens with zero attached hydrogens (tertiary/aromatic N) is 5. The molecule has 1 aromatic carbocycles. The van der Waals surface area contributed by atoms with Gasteiger partial charge in [-0.05, 0) is 73.6 Å². The summed E-state index contributed by atoms with van der Waals surface area (Å²) in [5.41, 5.74) is -1.59. The van der Waals surface area contributed by atoms with Gasteiger partial charge in [0.25, 0.3) is 5.91 Å². The maximum absolute atomic E-state index is 15.8. The summed E-state index contributed by atoms with van der Waals surface area (Å²) >= 11 is 7.03. The first-order valence-electron chi connectivity index (χ1n) is 16.3. The summed E-state index contributed by atoms with van der Waals surface area (Å²) in [5, 5.41) is -0.0969. The van der Waals surface area contributed by atoms with Crippen LogP contribution in [0.4, 0.5) is 19.8 Å². The number of halogens is 2. The van der Waals surface area contributed by atoms with Crippen molar-refractivity contribution in [2.75, 3.05) is 57.8 Å². The van der Waals surface area contributed by atoms with Crippen LogP contribution in [0, 0.1) is 5.82 Å². The van der Waals surface area contributed by atoms with Gasteiger partial charge in [0, 0.05) is 44.8 Å². The zero-order valence-corrected chi connectivity index (χ0v) is 29.3. The highest BCUT2D eigenvalue weighted by molar-refractivity contribution is 6.35. The molecule has 260 valence electrons. The van der Waals surface area contributed by atoms with Crippen molar-refractivity contribution in [2.45, 2.75) is 77.2 Å². The number of hydrogen-bond acceptors (Lipinski definition) is 10. The van der Waals surface area contributed by atoms with E-state index in [0.29, 0.717) is 18.9 Å². The molecule has 2 saturated heterocycles. The van der Waals surface area contributed by atoms with E-state index in [2.05, 4.69) is 11.9 Å². The molecule has 1 unspecified atom stereocenters. The number of fused-ring (bicyclic) bond motifs is 2. The van der Waals surface area contributed by atoms with Crippen molar-refractivity contribution in [1.82, 2.24) is 19.7 Å². The molecule has 0 radical (unpaired) electrons. The van der Waals surface area contributed by atoms with Gasteiger partial charge in [-0.25, -0.2) is 19.0 Å². The van der Waals surface area contributed by atoms with Gasteiger partial charge < -0.3 is 33.6 Å². The minimum atomic E-state index is -1.02. The van der Waals surface area contributed by atoms with Gasteiger partial charge in [0.1, 0.15) is 51.5 Å². The largest absolute Gasteiger partial charge is 0.514 e. The fraction of sp³-hybridized carbons (Fsp3) is 0.588. The molecule has 3 aliphatic heterocycles. The molecular formula is C34H43ClFN5O7. The Labute approximate surface area is 285 Å². The Hall–Kier alpha value is -3.84. The average Bonchev–Trinajstić information content (AvgIpc) is 3.77. The van der Waals surface area contributed by atoms with Gasteiger partial charge in [-0.2, -0.15) is 0 Å². The highest BCUT2D eigenvalue weighted by Gasteiger charge is 2.51. The topological polar surface area (TPSA) is 114 Å². The average molecular weight is 688 g/mol. The van der Waals surface area contributed by atoms with E-state index in [0.717, 1.165) is 19.4 Å². The van der Waals surface area contributed by atoms with Gasteiger partial charge in [0.2, 0.25) is 0 Å². The molecule has 0 N–H and O–H groups in total. The van der Waals surface area contributed by atoms with Crippen LogP contribution in [0.3, 0.4) is 0 Å². The van der Waals surface area contributed by atoms with E-state index < -0.39 is 35.3 Å². The van der Waals surface area contributed by atoms with E-state index in [9.17, 15) is 14.4 Å². The number of hydrogen-bond donors (Lipinski definition) is 0. The minimum Gasteiger partial charge on any atom is -0.489 e. The Morgan fingerprint density at radius 1 is 1.02 bits per heavy atom. The third-order valence-electron chi connectivity index (χ3n) is 9.03. The SMILES string of the molecule is CN1CCN(c2nc(-c3c(F)cccc3OC(=O)OC(C)(C)C)c(Cl)c3c2C(=O)N2CCN(C(=O)OC(C)(C)C)CC2CO3)CC12CC2. The van der Waals surface area contributed by atoms with Gasteiger partial charge in [0.05, 0.1) is 11.6 Å². The molecule has 14 heteroatoms. The van der Waals surface area contributed by atoms with Crippen molar-refractivity contribution in [1.29, 1.82) is 0 Å². The van der Waals surface area contributed by atoms with Gasteiger partial charge in [-0.15, -0.1) is 0 Å². The standard InChI is InChI=1S/C34H43ClFN5O7/c1-32(2,3)47-30(43)39-15-16-41-20(17-39)18-45-27-24(29(41)42)28(40-14-13-38(7)34(19-40)11-12-34)37-26(25(27)35)23-21(36)9-8-10-22(23)46-31(44)48-33(4,5)6/h8-10,20H,11-19H2,1-7H3. The van der Waals surface area contributed by atoms with Crippen LogP contribution in [-0.2, 0) is 9.47 Å². The number of pyridine rings is 1. The lowest BCUT2D eigenvalue weighted by Crippen LogP contribution is -2.58. The first-order chi connectivity index (χ1) is 22.5. The molecule has 0 bridgehead atoms. The summed E-state index contributed by atoms with van der Waals surface area (Å²) in [7, 11) is 2.09. The van der Waals surface area contributed by atoms with E-state index in [-0.39, 0.29) is 71.0 Å². The maximum atomic E-state index is 15.8. The molecule has 2 amide bonds. The number of amides is 2. The predicted octanol–water partition coefficient (Wildman–Crippen LogP) is 5.59. The first-order valence-corrected chi connectivity index (χ1v) is 16.7. The minimum absolute atomic E-state index is 0.0197. The Morgan fingerprint density at radius 3 is 2.40 bits per heavy atom. The van der Waals surface area contributed by atoms with Crippen molar-refractivity contribution in [2.24, 2.45) is 0 Å². The quantitative estimate of drug-likeness (QED) is 0.299. The summed E-state index contributed by atoms with van der Waals surface area (Å²) in [6.07, 6.45) is 0.516.